The molecule has 0 saturated heterocycles. The second-order valence-corrected chi connectivity index (χ2v) is 4.87. The van der Waals surface area contributed by atoms with Crippen molar-refractivity contribution in [1.29, 1.82) is 0 Å². The second kappa shape index (κ2) is 4.63. The summed E-state index contributed by atoms with van der Waals surface area (Å²) in [5, 5.41) is 2.02. The van der Waals surface area contributed by atoms with Gasteiger partial charge in [-0.2, -0.15) is 0 Å². The lowest BCUT2D eigenvalue weighted by atomic mass is 10.1. The number of methoxy groups -OCH3 is 1. The van der Waals surface area contributed by atoms with Crippen molar-refractivity contribution < 1.29 is 9.15 Å². The highest BCUT2D eigenvalue weighted by atomic mass is 16.5. The highest BCUT2D eigenvalue weighted by Gasteiger charge is 2.12. The third kappa shape index (κ3) is 1.86. The van der Waals surface area contributed by atoms with E-state index >= 15 is 0 Å². The number of rotatable bonds is 2. The SMILES string of the molecule is COc1ccccc1-c1cc2cnc3ccccc3c2o1. The van der Waals surface area contributed by atoms with Gasteiger partial charge in [0.05, 0.1) is 18.2 Å². The van der Waals surface area contributed by atoms with Crippen LogP contribution in [0.15, 0.2) is 65.2 Å². The maximum atomic E-state index is 6.09. The van der Waals surface area contributed by atoms with Crippen molar-refractivity contribution in [2.45, 2.75) is 0 Å². The van der Waals surface area contributed by atoms with Gasteiger partial charge in [-0.3, -0.25) is 4.98 Å². The fraction of sp³-hybridized carbons (Fsp3) is 0.0556. The molecule has 21 heavy (non-hydrogen) atoms. The molecule has 2 heterocycles. The Hall–Kier alpha value is -2.81. The molecule has 0 spiro atoms. The molecule has 0 bridgehead atoms. The first kappa shape index (κ1) is 12.0. The van der Waals surface area contributed by atoms with Crippen LogP contribution in [0.1, 0.15) is 0 Å². The monoisotopic (exact) mass is 275 g/mol. The third-order valence-electron chi connectivity index (χ3n) is 3.62. The van der Waals surface area contributed by atoms with E-state index in [1.54, 1.807) is 7.11 Å². The molecule has 0 fully saturated rings. The summed E-state index contributed by atoms with van der Waals surface area (Å²) in [4.78, 5) is 4.47. The highest BCUT2D eigenvalue weighted by molar-refractivity contribution is 6.03. The Morgan fingerprint density at radius 2 is 1.81 bits per heavy atom. The lowest BCUT2D eigenvalue weighted by molar-refractivity contribution is 0.415. The summed E-state index contributed by atoms with van der Waals surface area (Å²) < 4.78 is 11.5. The van der Waals surface area contributed by atoms with Crippen LogP contribution in [0.25, 0.3) is 33.2 Å². The van der Waals surface area contributed by atoms with E-state index in [-0.39, 0.29) is 0 Å². The second-order valence-electron chi connectivity index (χ2n) is 4.87. The fourth-order valence-corrected chi connectivity index (χ4v) is 2.61. The van der Waals surface area contributed by atoms with Gasteiger partial charge in [0.25, 0.3) is 0 Å². The number of aromatic nitrogens is 1. The van der Waals surface area contributed by atoms with Crippen molar-refractivity contribution in [2.24, 2.45) is 0 Å². The van der Waals surface area contributed by atoms with E-state index in [2.05, 4.69) is 4.98 Å². The number of hydrogen-bond donors (Lipinski definition) is 0. The summed E-state index contributed by atoms with van der Waals surface area (Å²) in [6.07, 6.45) is 1.85. The lowest BCUT2D eigenvalue weighted by Crippen LogP contribution is -1.85. The number of fused-ring (bicyclic) bond motifs is 3. The minimum Gasteiger partial charge on any atom is -0.496 e. The summed E-state index contributed by atoms with van der Waals surface area (Å²) >= 11 is 0. The van der Waals surface area contributed by atoms with Gasteiger partial charge in [0.2, 0.25) is 0 Å². The molecule has 0 radical (unpaired) electrons. The van der Waals surface area contributed by atoms with Crippen molar-refractivity contribution in [2.75, 3.05) is 7.11 Å². The van der Waals surface area contributed by atoms with Gasteiger partial charge in [0.15, 0.2) is 0 Å². The van der Waals surface area contributed by atoms with Gasteiger partial charge in [-0.1, -0.05) is 24.3 Å². The zero-order valence-electron chi connectivity index (χ0n) is 11.5. The number of ether oxygens (including phenoxy) is 1. The van der Waals surface area contributed by atoms with Crippen LogP contribution < -0.4 is 4.74 Å². The first-order chi connectivity index (χ1) is 10.4. The fourth-order valence-electron chi connectivity index (χ4n) is 2.61. The molecular weight excluding hydrogens is 262 g/mol. The average Bonchev–Trinajstić information content (AvgIpc) is 2.99. The Balaban J connectivity index is 2.01. The van der Waals surface area contributed by atoms with E-state index in [0.29, 0.717) is 0 Å². The Bertz CT molecular complexity index is 940. The van der Waals surface area contributed by atoms with Gasteiger partial charge in [0.1, 0.15) is 17.1 Å². The van der Waals surface area contributed by atoms with E-state index in [1.165, 1.54) is 0 Å². The molecule has 4 rings (SSSR count). The van der Waals surface area contributed by atoms with Crippen LogP contribution >= 0.6 is 0 Å². The van der Waals surface area contributed by atoms with Crippen LogP contribution in [0, 0.1) is 0 Å². The maximum absolute atomic E-state index is 6.09. The standard InChI is InChI=1S/C18H13NO2/c1-20-16-9-5-3-7-14(16)17-10-12-11-19-15-8-4-2-6-13(15)18(12)21-17/h2-11H,1H3. The van der Waals surface area contributed by atoms with Crippen LogP contribution in [-0.4, -0.2) is 12.1 Å². The lowest BCUT2D eigenvalue weighted by Gasteiger charge is -2.04. The summed E-state index contributed by atoms with van der Waals surface area (Å²) in [5.41, 5.74) is 2.74. The van der Waals surface area contributed by atoms with Gasteiger partial charge in [-0.15, -0.1) is 0 Å². The minimum absolute atomic E-state index is 0.792. The number of nitrogens with zero attached hydrogens (tertiary/aromatic N) is 1. The molecule has 2 aromatic heterocycles. The van der Waals surface area contributed by atoms with Crippen LogP contribution in [0.4, 0.5) is 0 Å². The van der Waals surface area contributed by atoms with Crippen LogP contribution in [-0.2, 0) is 0 Å². The number of hydrogen-bond acceptors (Lipinski definition) is 3. The van der Waals surface area contributed by atoms with Crippen molar-refractivity contribution in [3.8, 4) is 17.1 Å². The Kier molecular flexibility index (Phi) is 2.64. The topological polar surface area (TPSA) is 35.3 Å². The van der Waals surface area contributed by atoms with Gasteiger partial charge in [-0.05, 0) is 30.3 Å². The first-order valence-corrected chi connectivity index (χ1v) is 6.77. The molecule has 2 aromatic carbocycles. The predicted octanol–water partition coefficient (Wildman–Crippen LogP) is 4.66. The van der Waals surface area contributed by atoms with Crippen LogP contribution in [0.5, 0.6) is 5.75 Å². The normalized spacial score (nSPS) is 11.1. The number of pyridine rings is 1. The van der Waals surface area contributed by atoms with Gasteiger partial charge in [-0.25, -0.2) is 0 Å². The van der Waals surface area contributed by atoms with E-state index in [9.17, 15) is 0 Å². The molecule has 0 aliphatic heterocycles. The number of furan rings is 1. The summed E-state index contributed by atoms with van der Waals surface area (Å²) in [6, 6.07) is 17.8. The molecule has 102 valence electrons. The van der Waals surface area contributed by atoms with E-state index in [0.717, 1.165) is 38.9 Å². The van der Waals surface area contributed by atoms with Gasteiger partial charge in [0, 0.05) is 17.0 Å². The Morgan fingerprint density at radius 3 is 2.71 bits per heavy atom. The molecule has 0 aliphatic carbocycles. The van der Waals surface area contributed by atoms with Crippen molar-refractivity contribution in [3.05, 3.63) is 60.8 Å². The predicted molar refractivity (Wildman–Crippen MR) is 83.5 cm³/mol. The molecule has 0 unspecified atom stereocenters. The molecule has 0 N–H and O–H groups in total. The molecule has 3 heteroatoms. The van der Waals surface area contributed by atoms with Crippen molar-refractivity contribution in [1.82, 2.24) is 4.98 Å². The minimum atomic E-state index is 0.792. The summed E-state index contributed by atoms with van der Waals surface area (Å²) in [6.45, 7) is 0. The zero-order chi connectivity index (χ0) is 14.2. The molecule has 3 nitrogen and oxygen atoms in total. The molecule has 0 atom stereocenters. The molecule has 0 saturated carbocycles. The number of para-hydroxylation sites is 2. The molecule has 0 aliphatic rings. The summed E-state index contributed by atoms with van der Waals surface area (Å²) in [5.74, 6) is 1.59. The Morgan fingerprint density at radius 1 is 1.00 bits per heavy atom. The Labute approximate surface area is 121 Å². The molecule has 4 aromatic rings. The summed E-state index contributed by atoms with van der Waals surface area (Å²) in [7, 11) is 1.67. The average molecular weight is 275 g/mol. The highest BCUT2D eigenvalue weighted by Crippen LogP contribution is 2.35. The first-order valence-electron chi connectivity index (χ1n) is 6.77. The molecular formula is C18H13NO2. The largest absolute Gasteiger partial charge is 0.496 e. The van der Waals surface area contributed by atoms with E-state index < -0.39 is 0 Å². The number of benzene rings is 2. The van der Waals surface area contributed by atoms with Crippen LogP contribution in [0.3, 0.4) is 0 Å². The zero-order valence-corrected chi connectivity index (χ0v) is 11.5. The van der Waals surface area contributed by atoms with Crippen molar-refractivity contribution >= 4 is 21.9 Å². The van der Waals surface area contributed by atoms with Crippen LogP contribution in [0.2, 0.25) is 0 Å². The third-order valence-corrected chi connectivity index (χ3v) is 3.62. The molecule has 0 amide bonds. The van der Waals surface area contributed by atoms with Gasteiger partial charge < -0.3 is 9.15 Å². The van der Waals surface area contributed by atoms with E-state index in [1.807, 2.05) is 60.8 Å². The van der Waals surface area contributed by atoms with Gasteiger partial charge >= 0.3 is 0 Å². The quantitative estimate of drug-likeness (QED) is 0.534. The van der Waals surface area contributed by atoms with Crippen molar-refractivity contribution in [3.63, 3.8) is 0 Å². The van der Waals surface area contributed by atoms with E-state index in [4.69, 9.17) is 9.15 Å². The maximum Gasteiger partial charge on any atom is 0.145 e. The smallest absolute Gasteiger partial charge is 0.145 e.